The Kier molecular flexibility index (Phi) is 3.62. The van der Waals surface area contributed by atoms with Gasteiger partial charge in [0.15, 0.2) is 5.13 Å². The van der Waals surface area contributed by atoms with Crippen LogP contribution in [-0.4, -0.2) is 24.7 Å². The highest BCUT2D eigenvalue weighted by Gasteiger charge is 2.13. The van der Waals surface area contributed by atoms with E-state index in [1.165, 1.54) is 28.7 Å². The molecule has 0 fully saturated rings. The quantitative estimate of drug-likeness (QED) is 0.489. The number of pyridine rings is 1. The van der Waals surface area contributed by atoms with Crippen LogP contribution in [0.1, 0.15) is 0 Å². The zero-order valence-electron chi connectivity index (χ0n) is 13.8. The van der Waals surface area contributed by atoms with Crippen LogP contribution in [-0.2, 0) is 0 Å². The van der Waals surface area contributed by atoms with Gasteiger partial charge in [0.2, 0.25) is 5.13 Å². The number of nitrogens with two attached hydrogens (primary N) is 1. The fourth-order valence-corrected chi connectivity index (χ4v) is 4.32. The number of anilines is 1. The third-order valence-corrected chi connectivity index (χ3v) is 5.81. The Morgan fingerprint density at radius 2 is 2.07 bits per heavy atom. The van der Waals surface area contributed by atoms with Crippen molar-refractivity contribution in [3.63, 3.8) is 0 Å². The molecule has 0 saturated carbocycles. The standard InChI is InChI=1S/C18H12N6OS2/c19-17-23-22-16(27-17)10-4-5-13-11(7-10)12(8-20-13)14-9-26-18(21-14)24-6-2-1-3-15(24)25/h1-9,20H,(H2,19,23). The first-order valence-corrected chi connectivity index (χ1v) is 9.73. The molecule has 9 heteroatoms. The Morgan fingerprint density at radius 1 is 1.15 bits per heavy atom. The predicted octanol–water partition coefficient (Wildman–Crippen LogP) is 3.54. The van der Waals surface area contributed by atoms with Crippen molar-refractivity contribution >= 4 is 38.7 Å². The van der Waals surface area contributed by atoms with E-state index < -0.39 is 0 Å². The number of fused-ring (bicyclic) bond motifs is 1. The van der Waals surface area contributed by atoms with E-state index in [2.05, 4.69) is 26.2 Å². The summed E-state index contributed by atoms with van der Waals surface area (Å²) >= 11 is 2.78. The zero-order valence-corrected chi connectivity index (χ0v) is 15.4. The molecule has 0 radical (unpaired) electrons. The lowest BCUT2D eigenvalue weighted by Crippen LogP contribution is -2.15. The highest BCUT2D eigenvalue weighted by atomic mass is 32.1. The molecule has 1 aromatic carbocycles. The van der Waals surface area contributed by atoms with E-state index in [9.17, 15) is 4.79 Å². The number of nitrogen functional groups attached to an aromatic ring is 1. The molecule has 0 aliphatic heterocycles. The van der Waals surface area contributed by atoms with Gasteiger partial charge in [0, 0.05) is 45.9 Å². The lowest BCUT2D eigenvalue weighted by molar-refractivity contribution is 0.974. The Hall–Kier alpha value is -3.30. The third kappa shape index (κ3) is 2.73. The van der Waals surface area contributed by atoms with E-state index in [0.717, 1.165) is 32.7 Å². The van der Waals surface area contributed by atoms with E-state index in [1.54, 1.807) is 16.8 Å². The lowest BCUT2D eigenvalue weighted by Gasteiger charge is -2.00. The fourth-order valence-electron chi connectivity index (χ4n) is 2.90. The van der Waals surface area contributed by atoms with Crippen molar-refractivity contribution in [2.75, 3.05) is 5.73 Å². The molecule has 0 saturated heterocycles. The maximum atomic E-state index is 12.0. The van der Waals surface area contributed by atoms with Crippen LogP contribution in [0, 0.1) is 0 Å². The first-order valence-electron chi connectivity index (χ1n) is 8.03. The topological polar surface area (TPSA) is 102 Å². The molecule has 0 aliphatic carbocycles. The van der Waals surface area contributed by atoms with Gasteiger partial charge in [-0.3, -0.25) is 9.36 Å². The minimum atomic E-state index is -0.103. The summed E-state index contributed by atoms with van der Waals surface area (Å²) in [5, 5.41) is 12.8. The summed E-state index contributed by atoms with van der Waals surface area (Å²) in [7, 11) is 0. The molecule has 0 amide bonds. The SMILES string of the molecule is Nc1nnc(-c2ccc3[nH]cc(-c4csc(-n5ccccc5=O)n4)c3c2)s1. The van der Waals surface area contributed by atoms with Gasteiger partial charge in [-0.05, 0) is 24.3 Å². The van der Waals surface area contributed by atoms with Crippen LogP contribution >= 0.6 is 22.7 Å². The number of aromatic amines is 1. The number of aromatic nitrogens is 5. The van der Waals surface area contributed by atoms with E-state index >= 15 is 0 Å². The summed E-state index contributed by atoms with van der Waals surface area (Å²) < 4.78 is 1.54. The van der Waals surface area contributed by atoms with Crippen LogP contribution < -0.4 is 11.3 Å². The summed E-state index contributed by atoms with van der Waals surface area (Å²) in [6.45, 7) is 0. The van der Waals surface area contributed by atoms with Gasteiger partial charge in [-0.25, -0.2) is 4.98 Å². The van der Waals surface area contributed by atoms with E-state index in [4.69, 9.17) is 5.73 Å². The van der Waals surface area contributed by atoms with Crippen molar-refractivity contribution in [2.24, 2.45) is 0 Å². The minimum Gasteiger partial charge on any atom is -0.374 e. The molecule has 0 bridgehead atoms. The predicted molar refractivity (Wildman–Crippen MR) is 108 cm³/mol. The monoisotopic (exact) mass is 392 g/mol. The molecule has 27 heavy (non-hydrogen) atoms. The summed E-state index contributed by atoms with van der Waals surface area (Å²) in [5.74, 6) is 0. The average Bonchev–Trinajstić information content (AvgIpc) is 3.40. The number of nitrogens with zero attached hydrogens (tertiary/aromatic N) is 4. The van der Waals surface area contributed by atoms with Gasteiger partial charge in [-0.1, -0.05) is 17.4 Å². The van der Waals surface area contributed by atoms with Gasteiger partial charge in [0.05, 0.1) is 5.69 Å². The molecule has 0 atom stereocenters. The average molecular weight is 392 g/mol. The van der Waals surface area contributed by atoms with Crippen LogP contribution in [0.3, 0.4) is 0 Å². The van der Waals surface area contributed by atoms with E-state index in [0.29, 0.717) is 10.3 Å². The van der Waals surface area contributed by atoms with Crippen LogP contribution in [0.4, 0.5) is 5.13 Å². The maximum Gasteiger partial charge on any atom is 0.256 e. The molecule has 4 heterocycles. The zero-order chi connectivity index (χ0) is 18.4. The van der Waals surface area contributed by atoms with Crippen molar-refractivity contribution in [1.29, 1.82) is 0 Å². The van der Waals surface area contributed by atoms with Crippen LogP contribution in [0.2, 0.25) is 0 Å². The molecule has 0 unspecified atom stereocenters. The minimum absolute atomic E-state index is 0.103. The van der Waals surface area contributed by atoms with Crippen molar-refractivity contribution in [3.05, 3.63) is 64.5 Å². The summed E-state index contributed by atoms with van der Waals surface area (Å²) in [6.07, 6.45) is 3.65. The third-order valence-electron chi connectivity index (χ3n) is 4.17. The van der Waals surface area contributed by atoms with Gasteiger partial charge in [0.25, 0.3) is 5.56 Å². The van der Waals surface area contributed by atoms with Gasteiger partial charge in [-0.15, -0.1) is 21.5 Å². The number of benzene rings is 1. The number of hydrogen-bond acceptors (Lipinski definition) is 7. The summed E-state index contributed by atoms with van der Waals surface area (Å²) in [6, 6.07) is 11.1. The molecule has 5 rings (SSSR count). The number of H-pyrrole nitrogens is 1. The highest BCUT2D eigenvalue weighted by molar-refractivity contribution is 7.18. The summed E-state index contributed by atoms with van der Waals surface area (Å²) in [4.78, 5) is 20.0. The number of rotatable bonds is 3. The van der Waals surface area contributed by atoms with Crippen molar-refractivity contribution in [2.45, 2.75) is 0 Å². The second-order valence-corrected chi connectivity index (χ2v) is 7.68. The number of hydrogen-bond donors (Lipinski definition) is 2. The number of nitrogens with one attached hydrogen (secondary N) is 1. The second kappa shape index (κ2) is 6.15. The van der Waals surface area contributed by atoms with Gasteiger partial charge in [0.1, 0.15) is 5.01 Å². The van der Waals surface area contributed by atoms with Gasteiger partial charge in [-0.2, -0.15) is 0 Å². The molecular formula is C18H12N6OS2. The van der Waals surface area contributed by atoms with Crippen molar-refractivity contribution in [3.8, 4) is 27.0 Å². The number of thiazole rings is 1. The van der Waals surface area contributed by atoms with Crippen molar-refractivity contribution in [1.82, 2.24) is 24.7 Å². The molecule has 4 aromatic heterocycles. The van der Waals surface area contributed by atoms with Crippen LogP contribution in [0.25, 0.3) is 37.9 Å². The van der Waals surface area contributed by atoms with Gasteiger partial charge < -0.3 is 10.7 Å². The normalized spacial score (nSPS) is 11.3. The van der Waals surface area contributed by atoms with E-state index in [1.807, 2.05) is 29.8 Å². The fraction of sp³-hybridized carbons (Fsp3) is 0. The Bertz CT molecular complexity index is 1330. The lowest BCUT2D eigenvalue weighted by atomic mass is 10.1. The molecule has 0 spiro atoms. The highest BCUT2D eigenvalue weighted by Crippen LogP contribution is 2.34. The Labute approximate surface area is 160 Å². The smallest absolute Gasteiger partial charge is 0.256 e. The first-order chi connectivity index (χ1) is 13.2. The van der Waals surface area contributed by atoms with Crippen LogP contribution in [0.5, 0.6) is 0 Å². The van der Waals surface area contributed by atoms with E-state index in [-0.39, 0.29) is 5.56 Å². The Morgan fingerprint density at radius 3 is 2.89 bits per heavy atom. The molecule has 5 aromatic rings. The second-order valence-electron chi connectivity index (χ2n) is 5.83. The Balaban J connectivity index is 1.61. The molecular weight excluding hydrogens is 380 g/mol. The van der Waals surface area contributed by atoms with Gasteiger partial charge >= 0.3 is 0 Å². The first kappa shape index (κ1) is 15.9. The van der Waals surface area contributed by atoms with Crippen LogP contribution in [0.15, 0.2) is 59.0 Å². The largest absolute Gasteiger partial charge is 0.374 e. The molecule has 132 valence electrons. The van der Waals surface area contributed by atoms with Crippen molar-refractivity contribution < 1.29 is 0 Å². The molecule has 3 N–H and O–H groups in total. The molecule has 0 aliphatic rings. The molecule has 7 nitrogen and oxygen atoms in total. The maximum absolute atomic E-state index is 12.0. The summed E-state index contributed by atoms with van der Waals surface area (Å²) in [5.41, 5.74) is 9.33.